The van der Waals surface area contributed by atoms with Gasteiger partial charge in [-0.25, -0.2) is 13.4 Å². The van der Waals surface area contributed by atoms with E-state index in [4.69, 9.17) is 21.1 Å². The van der Waals surface area contributed by atoms with Gasteiger partial charge in [0.1, 0.15) is 5.75 Å². The summed E-state index contributed by atoms with van der Waals surface area (Å²) >= 11 is 7.46. The monoisotopic (exact) mass is 493 g/mol. The normalized spacial score (nSPS) is 14.8. The number of hydrogen-bond donors (Lipinski definition) is 1. The molecule has 1 N–H and O–H groups in total. The third kappa shape index (κ3) is 4.79. The first-order valence-electron chi connectivity index (χ1n) is 9.67. The number of nitrogens with one attached hydrogen (secondary N) is 1. The minimum absolute atomic E-state index is 0.00649. The molecule has 1 aliphatic heterocycles. The fourth-order valence-corrected chi connectivity index (χ4v) is 5.52. The van der Waals surface area contributed by atoms with Gasteiger partial charge in [0.15, 0.2) is 5.13 Å². The van der Waals surface area contributed by atoms with E-state index in [0.29, 0.717) is 24.0 Å². The number of ether oxygens (including phenoxy) is 2. The molecule has 11 heteroatoms. The Kier molecular flexibility index (Phi) is 6.77. The molecule has 1 fully saturated rings. The van der Waals surface area contributed by atoms with E-state index in [-0.39, 0.29) is 28.6 Å². The smallest absolute Gasteiger partial charge is 0.259 e. The second kappa shape index (κ2) is 9.55. The summed E-state index contributed by atoms with van der Waals surface area (Å²) in [5.74, 6) is 0.198. The van der Waals surface area contributed by atoms with E-state index in [1.54, 1.807) is 7.11 Å². The van der Waals surface area contributed by atoms with E-state index >= 15 is 0 Å². The van der Waals surface area contributed by atoms with Crippen LogP contribution in [0.2, 0.25) is 5.02 Å². The lowest BCUT2D eigenvalue weighted by Gasteiger charge is -2.26. The number of morpholine rings is 1. The maximum absolute atomic E-state index is 12.9. The molecule has 3 aromatic rings. The zero-order chi connectivity index (χ0) is 22.7. The highest BCUT2D eigenvalue weighted by Crippen LogP contribution is 2.28. The van der Waals surface area contributed by atoms with Crippen molar-refractivity contribution in [3.63, 3.8) is 0 Å². The van der Waals surface area contributed by atoms with Crippen molar-refractivity contribution in [2.24, 2.45) is 0 Å². The quantitative estimate of drug-likeness (QED) is 0.561. The van der Waals surface area contributed by atoms with E-state index < -0.39 is 15.9 Å². The minimum Gasteiger partial charge on any atom is -0.497 e. The van der Waals surface area contributed by atoms with E-state index in [1.165, 1.54) is 33.8 Å². The molecule has 0 atom stereocenters. The summed E-state index contributed by atoms with van der Waals surface area (Å²) in [6.45, 7) is 1.20. The van der Waals surface area contributed by atoms with Crippen LogP contribution in [0.25, 0.3) is 11.3 Å². The van der Waals surface area contributed by atoms with Crippen molar-refractivity contribution in [3.05, 3.63) is 58.4 Å². The standard InChI is InChI=1S/C21H20ClN3O5S2/c1-29-15-4-2-14(3-5-15)19-13-31-21(23-19)24-20(26)17-12-16(6-7-18(17)22)32(27,28)25-8-10-30-11-9-25/h2-7,12-13H,8-11H2,1H3,(H,23,24,26). The highest BCUT2D eigenvalue weighted by Gasteiger charge is 2.27. The third-order valence-electron chi connectivity index (χ3n) is 4.90. The fourth-order valence-electron chi connectivity index (χ4n) is 3.16. The van der Waals surface area contributed by atoms with Gasteiger partial charge in [0.05, 0.1) is 41.5 Å². The van der Waals surface area contributed by atoms with Crippen molar-refractivity contribution in [1.29, 1.82) is 0 Å². The number of anilines is 1. The predicted octanol–water partition coefficient (Wildman–Crippen LogP) is 3.75. The van der Waals surface area contributed by atoms with Crippen molar-refractivity contribution in [1.82, 2.24) is 9.29 Å². The zero-order valence-electron chi connectivity index (χ0n) is 17.1. The number of benzene rings is 2. The summed E-state index contributed by atoms with van der Waals surface area (Å²) in [4.78, 5) is 17.3. The van der Waals surface area contributed by atoms with Gasteiger partial charge in [0.2, 0.25) is 10.0 Å². The number of hydrogen-bond acceptors (Lipinski definition) is 7. The average Bonchev–Trinajstić information content (AvgIpc) is 3.28. The number of carbonyl (C=O) groups excluding carboxylic acids is 1. The second-order valence-electron chi connectivity index (χ2n) is 6.88. The number of sulfonamides is 1. The largest absolute Gasteiger partial charge is 0.497 e. The van der Waals surface area contributed by atoms with Crippen LogP contribution in [0.1, 0.15) is 10.4 Å². The average molecular weight is 494 g/mol. The van der Waals surface area contributed by atoms with Gasteiger partial charge in [-0.2, -0.15) is 4.31 Å². The van der Waals surface area contributed by atoms with Crippen molar-refractivity contribution >= 4 is 44.0 Å². The number of rotatable bonds is 6. The number of carbonyl (C=O) groups is 1. The SMILES string of the molecule is COc1ccc(-c2csc(NC(=O)c3cc(S(=O)(=O)N4CCOCC4)ccc3Cl)n2)cc1. The molecule has 4 rings (SSSR count). The molecular formula is C21H20ClN3O5S2. The Bertz CT molecular complexity index is 1220. The number of halogens is 1. The molecule has 1 aliphatic rings. The van der Waals surface area contributed by atoms with Crippen LogP contribution < -0.4 is 10.1 Å². The lowest BCUT2D eigenvalue weighted by atomic mass is 10.2. The van der Waals surface area contributed by atoms with Crippen LogP contribution in [0, 0.1) is 0 Å². The zero-order valence-corrected chi connectivity index (χ0v) is 19.5. The Morgan fingerprint density at radius 2 is 1.91 bits per heavy atom. The van der Waals surface area contributed by atoms with Crippen molar-refractivity contribution in [3.8, 4) is 17.0 Å². The highest BCUT2D eigenvalue weighted by molar-refractivity contribution is 7.89. The van der Waals surface area contributed by atoms with Gasteiger partial charge in [0, 0.05) is 24.0 Å². The number of aromatic nitrogens is 1. The van der Waals surface area contributed by atoms with Gasteiger partial charge in [-0.15, -0.1) is 11.3 Å². The van der Waals surface area contributed by atoms with E-state index in [1.807, 2.05) is 29.6 Å². The molecule has 2 aromatic carbocycles. The summed E-state index contributed by atoms with van der Waals surface area (Å²) in [7, 11) is -2.16. The van der Waals surface area contributed by atoms with Gasteiger partial charge >= 0.3 is 0 Å². The molecule has 0 saturated carbocycles. The Morgan fingerprint density at radius 3 is 2.59 bits per heavy atom. The van der Waals surface area contributed by atoms with Gasteiger partial charge in [-0.05, 0) is 42.5 Å². The first-order valence-corrected chi connectivity index (χ1v) is 12.4. The molecule has 1 amide bonds. The minimum atomic E-state index is -3.75. The van der Waals surface area contributed by atoms with E-state index in [9.17, 15) is 13.2 Å². The van der Waals surface area contributed by atoms with Crippen LogP contribution in [0.15, 0.2) is 52.7 Å². The number of nitrogens with zero attached hydrogens (tertiary/aromatic N) is 2. The molecule has 0 spiro atoms. The lowest BCUT2D eigenvalue weighted by molar-refractivity contribution is 0.0730. The molecule has 0 bridgehead atoms. The highest BCUT2D eigenvalue weighted by atomic mass is 35.5. The van der Waals surface area contributed by atoms with Crippen LogP contribution in [-0.4, -0.2) is 57.0 Å². The first-order chi connectivity index (χ1) is 15.4. The number of methoxy groups -OCH3 is 1. The van der Waals surface area contributed by atoms with Crippen LogP contribution in [-0.2, 0) is 14.8 Å². The van der Waals surface area contributed by atoms with Crippen molar-refractivity contribution < 1.29 is 22.7 Å². The Hall–Kier alpha value is -2.50. The molecule has 32 heavy (non-hydrogen) atoms. The summed E-state index contributed by atoms with van der Waals surface area (Å²) in [5, 5.41) is 5.04. The molecule has 8 nitrogen and oxygen atoms in total. The van der Waals surface area contributed by atoms with Crippen LogP contribution in [0.4, 0.5) is 5.13 Å². The maximum atomic E-state index is 12.9. The molecular weight excluding hydrogens is 474 g/mol. The summed E-state index contributed by atoms with van der Waals surface area (Å²) in [5.41, 5.74) is 1.63. The summed E-state index contributed by atoms with van der Waals surface area (Å²) in [6, 6.07) is 11.5. The van der Waals surface area contributed by atoms with Crippen LogP contribution >= 0.6 is 22.9 Å². The lowest BCUT2D eigenvalue weighted by Crippen LogP contribution is -2.40. The van der Waals surface area contributed by atoms with Crippen molar-refractivity contribution in [2.45, 2.75) is 4.90 Å². The molecule has 0 unspecified atom stereocenters. The number of thiazole rings is 1. The fraction of sp³-hybridized carbons (Fsp3) is 0.238. The van der Waals surface area contributed by atoms with E-state index in [0.717, 1.165) is 11.3 Å². The first kappa shape index (κ1) is 22.7. The van der Waals surface area contributed by atoms with Gasteiger partial charge in [0.25, 0.3) is 5.91 Å². The molecule has 0 radical (unpaired) electrons. The van der Waals surface area contributed by atoms with Gasteiger partial charge in [-0.3, -0.25) is 10.1 Å². The Balaban J connectivity index is 1.53. The maximum Gasteiger partial charge on any atom is 0.259 e. The molecule has 0 aliphatic carbocycles. The Labute approximate surface area is 194 Å². The number of amides is 1. The molecule has 168 valence electrons. The molecule has 2 heterocycles. The molecule has 1 saturated heterocycles. The summed E-state index contributed by atoms with van der Waals surface area (Å²) < 4.78 is 37.5. The third-order valence-corrected chi connectivity index (χ3v) is 7.88. The summed E-state index contributed by atoms with van der Waals surface area (Å²) in [6.07, 6.45) is 0. The van der Waals surface area contributed by atoms with Crippen molar-refractivity contribution in [2.75, 3.05) is 38.7 Å². The van der Waals surface area contributed by atoms with E-state index in [2.05, 4.69) is 10.3 Å². The van der Waals surface area contributed by atoms with Crippen LogP contribution in [0.3, 0.4) is 0 Å². The van der Waals surface area contributed by atoms with Gasteiger partial charge < -0.3 is 9.47 Å². The Morgan fingerprint density at radius 1 is 1.19 bits per heavy atom. The molecule has 1 aromatic heterocycles. The van der Waals surface area contributed by atoms with Crippen LogP contribution in [0.5, 0.6) is 5.75 Å². The second-order valence-corrected chi connectivity index (χ2v) is 10.1. The predicted molar refractivity (Wildman–Crippen MR) is 123 cm³/mol. The van der Waals surface area contributed by atoms with Gasteiger partial charge in [-0.1, -0.05) is 11.6 Å². The topological polar surface area (TPSA) is 97.8 Å².